The molecule has 4 nitrogen and oxygen atoms in total. The number of nitrogens with zero attached hydrogens (tertiary/aromatic N) is 2. The van der Waals surface area contributed by atoms with Gasteiger partial charge in [0.1, 0.15) is 13.2 Å². The van der Waals surface area contributed by atoms with Gasteiger partial charge in [0.25, 0.3) is 0 Å². The largest absolute Gasteiger partial charge is 0.418 e. The minimum absolute atomic E-state index is 0.957. The maximum atomic E-state index is 4.11. The molecule has 0 saturated heterocycles. The molecule has 0 bridgehead atoms. The van der Waals surface area contributed by atoms with Crippen molar-refractivity contribution >= 4 is 11.2 Å². The summed E-state index contributed by atoms with van der Waals surface area (Å²) in [5.74, 6) is 0. The summed E-state index contributed by atoms with van der Waals surface area (Å²) in [4.78, 5) is 10.1. The molecule has 0 aliphatic rings. The summed E-state index contributed by atoms with van der Waals surface area (Å²) in [6, 6.07) is 0. The van der Waals surface area contributed by atoms with Gasteiger partial charge in [-0.25, -0.2) is 4.98 Å². The first-order valence-electron chi connectivity index (χ1n) is 3.07. The molecule has 4 heteroatoms. The van der Waals surface area contributed by atoms with Gasteiger partial charge in [-0.05, 0) is 0 Å². The van der Waals surface area contributed by atoms with Crippen molar-refractivity contribution in [3.05, 3.63) is 18.9 Å². The highest BCUT2D eigenvalue weighted by Gasteiger charge is 2.11. The average Bonchev–Trinajstić information content (AvgIpc) is 2.36. The van der Waals surface area contributed by atoms with E-state index in [1.807, 2.05) is 24.1 Å². The van der Waals surface area contributed by atoms with Crippen LogP contribution < -0.4 is 9.55 Å². The van der Waals surface area contributed by atoms with Crippen molar-refractivity contribution < 1.29 is 9.55 Å². The lowest BCUT2D eigenvalue weighted by Gasteiger charge is -1.79. The van der Waals surface area contributed by atoms with Crippen molar-refractivity contribution in [1.29, 1.82) is 0 Å². The third-order valence-electron chi connectivity index (χ3n) is 1.48. The topological polar surface area (TPSA) is 46.7 Å². The van der Waals surface area contributed by atoms with E-state index >= 15 is 0 Å². The van der Waals surface area contributed by atoms with Crippen molar-refractivity contribution in [2.75, 3.05) is 0 Å². The normalized spacial score (nSPS) is 10.5. The van der Waals surface area contributed by atoms with E-state index in [4.69, 9.17) is 0 Å². The van der Waals surface area contributed by atoms with Crippen LogP contribution in [-0.2, 0) is 7.05 Å². The summed E-state index contributed by atoms with van der Waals surface area (Å²) in [6.07, 6.45) is 5.41. The zero-order valence-electron chi connectivity index (χ0n) is 5.63. The Labute approximate surface area is 57.6 Å². The van der Waals surface area contributed by atoms with Gasteiger partial charge in [-0.3, -0.25) is 0 Å². The van der Waals surface area contributed by atoms with Crippen LogP contribution >= 0.6 is 0 Å². The summed E-state index contributed by atoms with van der Waals surface area (Å²) in [5, 5.41) is 0. The molecular weight excluding hydrogens is 128 g/mol. The minimum Gasteiger partial charge on any atom is -0.306 e. The number of aromatic nitrogens is 4. The Bertz CT molecular complexity index is 351. The van der Waals surface area contributed by atoms with Crippen molar-refractivity contribution in [3.63, 3.8) is 0 Å². The van der Waals surface area contributed by atoms with Crippen LogP contribution in [0.2, 0.25) is 0 Å². The molecule has 0 aliphatic heterocycles. The minimum atomic E-state index is 0.957. The van der Waals surface area contributed by atoms with Gasteiger partial charge < -0.3 is 4.98 Å². The van der Waals surface area contributed by atoms with E-state index in [0.717, 1.165) is 11.2 Å². The summed E-state index contributed by atoms with van der Waals surface area (Å²) in [6.45, 7) is 0. The summed E-state index contributed by atoms with van der Waals surface area (Å²) in [5.41, 5.74) is 1.98. The molecule has 0 fully saturated rings. The predicted molar refractivity (Wildman–Crippen MR) is 33.8 cm³/mol. The predicted octanol–water partition coefficient (Wildman–Crippen LogP) is -0.799. The van der Waals surface area contributed by atoms with Gasteiger partial charge in [-0.2, -0.15) is 4.57 Å². The SMILES string of the molecule is C[n+]1c[nH+]cc2[nH]cnc21. The Morgan fingerprint density at radius 1 is 1.70 bits per heavy atom. The Morgan fingerprint density at radius 2 is 2.60 bits per heavy atom. The first-order valence-corrected chi connectivity index (χ1v) is 3.07. The smallest absolute Gasteiger partial charge is 0.306 e. The zero-order chi connectivity index (χ0) is 6.97. The molecule has 2 N–H and O–H groups in total. The van der Waals surface area contributed by atoms with Crippen LogP contribution in [0.15, 0.2) is 18.9 Å². The Balaban J connectivity index is 2.95. The number of rotatable bonds is 0. The van der Waals surface area contributed by atoms with E-state index in [2.05, 4.69) is 15.0 Å². The van der Waals surface area contributed by atoms with E-state index in [9.17, 15) is 0 Å². The van der Waals surface area contributed by atoms with Crippen LogP contribution in [-0.4, -0.2) is 9.97 Å². The molecule has 0 amide bonds. The standard InChI is InChI=1S/C6H6N4/c1-10-4-7-2-5-6(10)9-3-8-5/h2-4H,1H3/p+2. The van der Waals surface area contributed by atoms with Gasteiger partial charge in [0.15, 0.2) is 0 Å². The molecule has 0 aromatic carbocycles. The number of fused-ring (bicyclic) bond motifs is 1. The van der Waals surface area contributed by atoms with Crippen LogP contribution in [0, 0.1) is 0 Å². The highest BCUT2D eigenvalue weighted by Crippen LogP contribution is 1.95. The Morgan fingerprint density at radius 3 is 3.40 bits per heavy atom. The molecule has 0 saturated carbocycles. The van der Waals surface area contributed by atoms with E-state index in [1.54, 1.807) is 6.33 Å². The molecule has 2 aromatic rings. The van der Waals surface area contributed by atoms with E-state index in [1.165, 1.54) is 0 Å². The third kappa shape index (κ3) is 0.586. The molecule has 0 aliphatic carbocycles. The maximum absolute atomic E-state index is 4.11. The van der Waals surface area contributed by atoms with Crippen molar-refractivity contribution in [2.45, 2.75) is 0 Å². The molecule has 0 radical (unpaired) electrons. The number of hydrogen-bond donors (Lipinski definition) is 1. The van der Waals surface area contributed by atoms with E-state index < -0.39 is 0 Å². The first-order chi connectivity index (χ1) is 4.88. The van der Waals surface area contributed by atoms with Gasteiger partial charge in [-0.1, -0.05) is 0 Å². The van der Waals surface area contributed by atoms with Gasteiger partial charge in [0, 0.05) is 4.98 Å². The Hall–Kier alpha value is -1.45. The van der Waals surface area contributed by atoms with E-state index in [-0.39, 0.29) is 0 Å². The quantitative estimate of drug-likeness (QED) is 0.473. The van der Waals surface area contributed by atoms with Crippen LogP contribution in [0.5, 0.6) is 0 Å². The molecule has 10 heavy (non-hydrogen) atoms. The highest BCUT2D eigenvalue weighted by molar-refractivity contribution is 5.63. The summed E-state index contributed by atoms with van der Waals surface area (Å²) in [7, 11) is 1.94. The second-order valence-electron chi connectivity index (χ2n) is 2.19. The number of nitrogens with one attached hydrogen (secondary N) is 2. The fourth-order valence-corrected chi connectivity index (χ4v) is 0.978. The molecule has 2 heterocycles. The van der Waals surface area contributed by atoms with Crippen LogP contribution in [0.25, 0.3) is 11.2 Å². The van der Waals surface area contributed by atoms with Crippen LogP contribution in [0.1, 0.15) is 0 Å². The third-order valence-corrected chi connectivity index (χ3v) is 1.48. The van der Waals surface area contributed by atoms with Crippen molar-refractivity contribution in [2.24, 2.45) is 7.05 Å². The van der Waals surface area contributed by atoms with Crippen LogP contribution in [0.3, 0.4) is 0 Å². The molecule has 50 valence electrons. The van der Waals surface area contributed by atoms with Crippen molar-refractivity contribution in [3.8, 4) is 0 Å². The first kappa shape index (κ1) is 5.34. The summed E-state index contributed by atoms with van der Waals surface area (Å²) < 4.78 is 1.92. The van der Waals surface area contributed by atoms with Gasteiger partial charge >= 0.3 is 12.0 Å². The zero-order valence-corrected chi connectivity index (χ0v) is 5.63. The van der Waals surface area contributed by atoms with Crippen molar-refractivity contribution in [1.82, 2.24) is 9.97 Å². The van der Waals surface area contributed by atoms with Crippen LogP contribution in [0.4, 0.5) is 0 Å². The molecule has 0 spiro atoms. The molecular formula is C6H8N4+2. The Kier molecular flexibility index (Phi) is 0.943. The number of hydrogen-bond acceptors (Lipinski definition) is 1. The second-order valence-corrected chi connectivity index (χ2v) is 2.19. The molecule has 2 rings (SSSR count). The number of H-pyrrole nitrogens is 2. The number of aromatic amines is 2. The van der Waals surface area contributed by atoms with Gasteiger partial charge in [0.2, 0.25) is 11.8 Å². The molecule has 2 aromatic heterocycles. The summed E-state index contributed by atoms with van der Waals surface area (Å²) >= 11 is 0. The van der Waals surface area contributed by atoms with Gasteiger partial charge in [-0.15, -0.1) is 0 Å². The average molecular weight is 136 g/mol. The lowest BCUT2D eigenvalue weighted by atomic mass is 10.5. The second kappa shape index (κ2) is 1.76. The number of imidazole rings is 1. The fraction of sp³-hybridized carbons (Fsp3) is 0.167. The molecule has 0 unspecified atom stereocenters. The molecule has 0 atom stereocenters. The number of aryl methyl sites for hydroxylation is 1. The van der Waals surface area contributed by atoms with Gasteiger partial charge in [0.05, 0.1) is 0 Å². The lowest BCUT2D eigenvalue weighted by molar-refractivity contribution is -0.705. The maximum Gasteiger partial charge on any atom is 0.418 e. The highest BCUT2D eigenvalue weighted by atomic mass is 15.1. The fourth-order valence-electron chi connectivity index (χ4n) is 0.978. The van der Waals surface area contributed by atoms with E-state index in [0.29, 0.717) is 0 Å². The lowest BCUT2D eigenvalue weighted by Crippen LogP contribution is -2.33. The monoisotopic (exact) mass is 136 g/mol.